The van der Waals surface area contributed by atoms with Gasteiger partial charge in [0.25, 0.3) is 0 Å². The zero-order valence-electron chi connectivity index (χ0n) is 10.4. The van der Waals surface area contributed by atoms with E-state index in [1.807, 2.05) is 32.2 Å². The topological polar surface area (TPSA) is 29.1 Å². The van der Waals surface area contributed by atoms with Gasteiger partial charge in [0.05, 0.1) is 5.54 Å². The van der Waals surface area contributed by atoms with Gasteiger partial charge in [0.15, 0.2) is 5.78 Å². The first-order valence-electron chi connectivity index (χ1n) is 5.94. The quantitative estimate of drug-likeness (QED) is 0.796. The van der Waals surface area contributed by atoms with Crippen LogP contribution in [0.5, 0.6) is 0 Å². The second-order valence-corrected chi connectivity index (χ2v) is 4.12. The van der Waals surface area contributed by atoms with Crippen molar-refractivity contribution in [1.29, 1.82) is 0 Å². The third-order valence-corrected chi connectivity index (χ3v) is 3.29. The summed E-state index contributed by atoms with van der Waals surface area (Å²) in [6.45, 7) is 3.99. The summed E-state index contributed by atoms with van der Waals surface area (Å²) in [5.41, 5.74) is 0.816. The Morgan fingerprint density at radius 1 is 1.25 bits per heavy atom. The first-order valence-corrected chi connectivity index (χ1v) is 5.94. The average Bonchev–Trinajstić information content (AvgIpc) is 2.36. The molecule has 1 atom stereocenters. The van der Waals surface area contributed by atoms with E-state index in [1.54, 1.807) is 0 Å². The number of Topliss-reactive ketones (excluding diaryl/α,β-unsaturated/α-hetero) is 1. The maximum absolute atomic E-state index is 12.0. The first-order chi connectivity index (χ1) is 7.68. The van der Waals surface area contributed by atoms with Gasteiger partial charge < -0.3 is 5.32 Å². The van der Waals surface area contributed by atoms with Gasteiger partial charge in [-0.25, -0.2) is 0 Å². The molecule has 0 unspecified atom stereocenters. The number of benzene rings is 1. The van der Waals surface area contributed by atoms with E-state index in [2.05, 4.69) is 24.4 Å². The van der Waals surface area contributed by atoms with Crippen molar-refractivity contribution in [2.45, 2.75) is 38.6 Å². The van der Waals surface area contributed by atoms with Gasteiger partial charge in [-0.05, 0) is 25.5 Å². The van der Waals surface area contributed by atoms with Crippen molar-refractivity contribution in [3.8, 4) is 0 Å². The molecule has 0 aliphatic heterocycles. The predicted molar refractivity (Wildman–Crippen MR) is 67.5 cm³/mol. The van der Waals surface area contributed by atoms with Gasteiger partial charge in [-0.15, -0.1) is 0 Å². The maximum Gasteiger partial charge on any atom is 0.152 e. The van der Waals surface area contributed by atoms with Crippen LogP contribution in [0.3, 0.4) is 0 Å². The van der Waals surface area contributed by atoms with Crippen molar-refractivity contribution >= 4 is 5.78 Å². The van der Waals surface area contributed by atoms with Crippen LogP contribution in [-0.2, 0) is 11.2 Å². The summed E-state index contributed by atoms with van der Waals surface area (Å²) < 4.78 is 0. The Kier molecular flexibility index (Phi) is 4.69. The number of nitrogens with one attached hydrogen (secondary N) is 1. The largest absolute Gasteiger partial charge is 0.308 e. The summed E-state index contributed by atoms with van der Waals surface area (Å²) in [6.07, 6.45) is 2.18. The number of carbonyl (C=O) groups is 1. The fourth-order valence-electron chi connectivity index (χ4n) is 2.11. The minimum absolute atomic E-state index is 0.293. The maximum atomic E-state index is 12.0. The molecule has 0 spiro atoms. The highest BCUT2D eigenvalue weighted by molar-refractivity contribution is 5.88. The molecule has 1 N–H and O–H groups in total. The lowest BCUT2D eigenvalue weighted by Gasteiger charge is -2.31. The predicted octanol–water partition coefficient (Wildman–Crippen LogP) is 2.58. The van der Waals surface area contributed by atoms with E-state index in [9.17, 15) is 4.79 Å². The molecule has 16 heavy (non-hydrogen) atoms. The summed E-state index contributed by atoms with van der Waals surface area (Å²) in [7, 11) is 1.88. The molecule has 0 heterocycles. The van der Waals surface area contributed by atoms with Crippen molar-refractivity contribution in [2.24, 2.45) is 0 Å². The minimum atomic E-state index is -0.393. The Morgan fingerprint density at radius 2 is 1.88 bits per heavy atom. The Bertz CT molecular complexity index is 328. The molecule has 0 aliphatic rings. The van der Waals surface area contributed by atoms with E-state index in [1.165, 1.54) is 5.56 Å². The van der Waals surface area contributed by atoms with Gasteiger partial charge in [-0.1, -0.05) is 44.2 Å². The smallest absolute Gasteiger partial charge is 0.152 e. The monoisotopic (exact) mass is 219 g/mol. The molecular formula is C14H21NO. The van der Waals surface area contributed by atoms with Crippen molar-refractivity contribution in [3.63, 3.8) is 0 Å². The van der Waals surface area contributed by atoms with E-state index in [-0.39, 0.29) is 0 Å². The third kappa shape index (κ3) is 2.70. The number of likely N-dealkylation sites (N-methyl/N-ethyl adjacent to an activating group) is 1. The number of rotatable bonds is 6. The molecule has 0 saturated heterocycles. The Morgan fingerprint density at radius 3 is 2.31 bits per heavy atom. The SMILES string of the molecule is CCC(=O)[C@](CC)(Cc1ccccc1)NC. The highest BCUT2D eigenvalue weighted by atomic mass is 16.1. The summed E-state index contributed by atoms with van der Waals surface area (Å²) in [4.78, 5) is 12.0. The standard InChI is InChI=1S/C14H21NO/c1-4-13(16)14(5-2,15-3)11-12-9-7-6-8-10-12/h6-10,15H,4-5,11H2,1-3H3/t14-/m0/s1. The Labute approximate surface area is 98.1 Å². The van der Waals surface area contributed by atoms with Crippen LogP contribution in [0.4, 0.5) is 0 Å². The lowest BCUT2D eigenvalue weighted by molar-refractivity contribution is -0.125. The van der Waals surface area contributed by atoms with Crippen molar-refractivity contribution in [2.75, 3.05) is 7.05 Å². The Hall–Kier alpha value is -1.15. The summed E-state index contributed by atoms with van der Waals surface area (Å²) in [5, 5.41) is 3.21. The molecule has 88 valence electrons. The average molecular weight is 219 g/mol. The van der Waals surface area contributed by atoms with E-state index >= 15 is 0 Å². The van der Waals surface area contributed by atoms with Crippen LogP contribution in [0, 0.1) is 0 Å². The third-order valence-electron chi connectivity index (χ3n) is 3.29. The zero-order valence-corrected chi connectivity index (χ0v) is 10.4. The summed E-state index contributed by atoms with van der Waals surface area (Å²) >= 11 is 0. The molecule has 0 saturated carbocycles. The van der Waals surface area contributed by atoms with Crippen molar-refractivity contribution in [1.82, 2.24) is 5.32 Å². The van der Waals surface area contributed by atoms with Gasteiger partial charge in [-0.3, -0.25) is 4.79 Å². The van der Waals surface area contributed by atoms with Gasteiger partial charge in [0, 0.05) is 6.42 Å². The van der Waals surface area contributed by atoms with Gasteiger partial charge in [0.1, 0.15) is 0 Å². The second kappa shape index (κ2) is 5.80. The van der Waals surface area contributed by atoms with Crippen LogP contribution < -0.4 is 5.32 Å². The lowest BCUT2D eigenvalue weighted by Crippen LogP contribution is -2.51. The van der Waals surface area contributed by atoms with E-state index in [0.717, 1.165) is 12.8 Å². The molecule has 0 amide bonds. The summed E-state index contributed by atoms with van der Waals surface area (Å²) in [5.74, 6) is 0.293. The zero-order chi connectivity index (χ0) is 12.0. The van der Waals surface area contributed by atoms with Crippen LogP contribution in [0.2, 0.25) is 0 Å². The molecule has 1 rings (SSSR count). The molecule has 0 aromatic heterocycles. The highest BCUT2D eigenvalue weighted by Crippen LogP contribution is 2.19. The number of carbonyl (C=O) groups excluding carboxylic acids is 1. The normalized spacial score (nSPS) is 14.4. The molecule has 2 nitrogen and oxygen atoms in total. The van der Waals surface area contributed by atoms with E-state index in [4.69, 9.17) is 0 Å². The van der Waals surface area contributed by atoms with E-state index < -0.39 is 5.54 Å². The van der Waals surface area contributed by atoms with Crippen molar-refractivity contribution in [3.05, 3.63) is 35.9 Å². The minimum Gasteiger partial charge on any atom is -0.308 e. The molecule has 1 aromatic rings. The molecule has 1 aromatic carbocycles. The molecular weight excluding hydrogens is 198 g/mol. The fourth-order valence-corrected chi connectivity index (χ4v) is 2.11. The van der Waals surface area contributed by atoms with Gasteiger partial charge in [-0.2, -0.15) is 0 Å². The first kappa shape index (κ1) is 12.9. The van der Waals surface area contributed by atoms with Gasteiger partial charge >= 0.3 is 0 Å². The number of ketones is 1. The Balaban J connectivity index is 2.91. The molecule has 0 aliphatic carbocycles. The lowest BCUT2D eigenvalue weighted by atomic mass is 9.83. The number of hydrogen-bond acceptors (Lipinski definition) is 2. The molecule has 0 radical (unpaired) electrons. The summed E-state index contributed by atoms with van der Waals surface area (Å²) in [6, 6.07) is 10.2. The number of hydrogen-bond donors (Lipinski definition) is 1. The van der Waals surface area contributed by atoms with Crippen LogP contribution in [0.15, 0.2) is 30.3 Å². The van der Waals surface area contributed by atoms with Crippen molar-refractivity contribution < 1.29 is 4.79 Å². The van der Waals surface area contributed by atoms with Crippen LogP contribution in [0.1, 0.15) is 32.3 Å². The van der Waals surface area contributed by atoms with E-state index in [0.29, 0.717) is 12.2 Å². The second-order valence-electron chi connectivity index (χ2n) is 4.12. The van der Waals surface area contributed by atoms with Crippen LogP contribution in [0.25, 0.3) is 0 Å². The molecule has 0 bridgehead atoms. The molecule has 2 heteroatoms. The highest BCUT2D eigenvalue weighted by Gasteiger charge is 2.33. The fraction of sp³-hybridized carbons (Fsp3) is 0.500. The van der Waals surface area contributed by atoms with Crippen LogP contribution >= 0.6 is 0 Å². The molecule has 0 fully saturated rings. The van der Waals surface area contributed by atoms with Crippen LogP contribution in [-0.4, -0.2) is 18.4 Å². The van der Waals surface area contributed by atoms with Gasteiger partial charge in [0.2, 0.25) is 0 Å².